The fourth-order valence-corrected chi connectivity index (χ4v) is 4.65. The number of carbonyl (C=O) groups is 3. The molecule has 0 saturated carbocycles. The first kappa shape index (κ1) is 25.1. The molecule has 11 heteroatoms. The lowest BCUT2D eigenvalue weighted by Crippen LogP contribution is -2.25. The molecule has 2 aromatic heterocycles. The molecular weight excluding hydrogens is 504 g/mol. The molecule has 0 radical (unpaired) electrons. The molecule has 184 valence electrons. The zero-order valence-electron chi connectivity index (χ0n) is 19.3. The number of benzene rings is 2. The van der Waals surface area contributed by atoms with Crippen LogP contribution in [0.4, 0.5) is 11.4 Å². The highest BCUT2D eigenvalue weighted by Crippen LogP contribution is 2.25. The van der Waals surface area contributed by atoms with E-state index in [0.29, 0.717) is 34.1 Å². The number of ether oxygens (including phenoxy) is 1. The van der Waals surface area contributed by atoms with Gasteiger partial charge in [-0.15, -0.1) is 0 Å². The molecule has 2 N–H and O–H groups in total. The number of hydrogen-bond acceptors (Lipinski definition) is 7. The molecule has 0 bridgehead atoms. The van der Waals surface area contributed by atoms with Crippen molar-refractivity contribution in [3.05, 3.63) is 91.8 Å². The predicted molar refractivity (Wildman–Crippen MR) is 138 cm³/mol. The van der Waals surface area contributed by atoms with Gasteiger partial charge in [0, 0.05) is 28.2 Å². The minimum absolute atomic E-state index is 0.0109. The molecule has 2 heterocycles. The molecule has 0 aliphatic heterocycles. The van der Waals surface area contributed by atoms with Gasteiger partial charge in [-0.2, -0.15) is 0 Å². The Kier molecular flexibility index (Phi) is 7.47. The molecule has 0 saturated heterocycles. The van der Waals surface area contributed by atoms with Gasteiger partial charge in [-0.3, -0.25) is 14.4 Å². The molecule has 0 atom stereocenters. The number of fused-ring (bicyclic) bond motifs is 1. The second kappa shape index (κ2) is 10.7. The van der Waals surface area contributed by atoms with Crippen LogP contribution in [-0.4, -0.2) is 34.3 Å². The number of amides is 2. The second-order valence-corrected chi connectivity index (χ2v) is 9.13. The van der Waals surface area contributed by atoms with Crippen molar-refractivity contribution in [2.75, 3.05) is 17.7 Å². The summed E-state index contributed by atoms with van der Waals surface area (Å²) in [6.45, 7) is 1.97. The van der Waals surface area contributed by atoms with E-state index < -0.39 is 23.3 Å². The van der Waals surface area contributed by atoms with Crippen LogP contribution in [0, 0.1) is 0 Å². The van der Waals surface area contributed by atoms with E-state index in [0.717, 1.165) is 22.2 Å². The first-order valence-corrected chi connectivity index (χ1v) is 12.1. The Morgan fingerprint density at radius 2 is 1.61 bits per heavy atom. The summed E-state index contributed by atoms with van der Waals surface area (Å²) in [5, 5.41) is 5.91. The molecule has 36 heavy (non-hydrogen) atoms. The maximum absolute atomic E-state index is 13.3. The predicted octanol–water partition coefficient (Wildman–Crippen LogP) is 4.65. The van der Waals surface area contributed by atoms with Gasteiger partial charge in [-0.05, 0) is 55.0 Å². The van der Waals surface area contributed by atoms with Crippen LogP contribution in [0.3, 0.4) is 0 Å². The van der Waals surface area contributed by atoms with Gasteiger partial charge in [0.25, 0.3) is 17.4 Å². The van der Waals surface area contributed by atoms with E-state index in [1.807, 2.05) is 6.92 Å². The van der Waals surface area contributed by atoms with Crippen molar-refractivity contribution in [2.24, 2.45) is 0 Å². The van der Waals surface area contributed by atoms with Gasteiger partial charge >= 0.3 is 5.97 Å². The summed E-state index contributed by atoms with van der Waals surface area (Å²) in [4.78, 5) is 56.0. The van der Waals surface area contributed by atoms with Crippen molar-refractivity contribution >= 4 is 57.1 Å². The van der Waals surface area contributed by atoms with Gasteiger partial charge in [0.05, 0.1) is 12.7 Å². The number of rotatable bonds is 7. The van der Waals surface area contributed by atoms with E-state index in [4.69, 9.17) is 11.6 Å². The van der Waals surface area contributed by atoms with Crippen LogP contribution in [-0.2, 0) is 11.2 Å². The minimum Gasteiger partial charge on any atom is -0.465 e. The zero-order valence-corrected chi connectivity index (χ0v) is 20.9. The number of aryl methyl sites for hydroxylation is 1. The smallest absolute Gasteiger partial charge is 0.337 e. The minimum atomic E-state index is -0.651. The average Bonchev–Trinajstić information content (AvgIpc) is 3.26. The van der Waals surface area contributed by atoms with E-state index in [1.54, 1.807) is 24.3 Å². The summed E-state index contributed by atoms with van der Waals surface area (Å²) in [5.74, 6) is -1.76. The van der Waals surface area contributed by atoms with Gasteiger partial charge < -0.3 is 15.4 Å². The summed E-state index contributed by atoms with van der Waals surface area (Å²) in [7, 11) is 1.28. The molecule has 0 fully saturated rings. The van der Waals surface area contributed by atoms with Gasteiger partial charge in [-0.25, -0.2) is 14.2 Å². The van der Waals surface area contributed by atoms with Crippen LogP contribution in [0.5, 0.6) is 0 Å². The van der Waals surface area contributed by atoms with Crippen LogP contribution in [0.2, 0.25) is 5.02 Å². The average molecular weight is 525 g/mol. The Bertz CT molecular complexity index is 1510. The van der Waals surface area contributed by atoms with Crippen LogP contribution < -0.4 is 16.2 Å². The normalized spacial score (nSPS) is 10.8. The summed E-state index contributed by atoms with van der Waals surface area (Å²) in [5.41, 5.74) is 1.15. The van der Waals surface area contributed by atoms with E-state index in [9.17, 15) is 19.2 Å². The van der Waals surface area contributed by atoms with Gasteiger partial charge in [0.2, 0.25) is 0 Å². The number of aromatic nitrogens is 2. The highest BCUT2D eigenvalue weighted by Gasteiger charge is 2.26. The van der Waals surface area contributed by atoms with E-state index in [1.165, 1.54) is 37.4 Å². The number of nitrogens with one attached hydrogen (secondary N) is 2. The first-order valence-electron chi connectivity index (χ1n) is 10.9. The lowest BCUT2D eigenvalue weighted by Gasteiger charge is -2.09. The van der Waals surface area contributed by atoms with Gasteiger partial charge in [0.1, 0.15) is 10.6 Å². The number of nitrogens with zero attached hydrogens (tertiary/aromatic N) is 2. The Balaban J connectivity index is 1.74. The number of anilines is 2. The van der Waals surface area contributed by atoms with Crippen LogP contribution >= 0.6 is 22.9 Å². The summed E-state index contributed by atoms with van der Waals surface area (Å²) >= 11 is 6.87. The molecule has 9 nitrogen and oxygen atoms in total. The third-order valence-corrected chi connectivity index (χ3v) is 6.46. The monoisotopic (exact) mass is 524 g/mol. The maximum Gasteiger partial charge on any atom is 0.337 e. The molecule has 0 unspecified atom stereocenters. The Morgan fingerprint density at radius 1 is 1.00 bits per heavy atom. The molecule has 4 aromatic rings. The van der Waals surface area contributed by atoms with Gasteiger partial charge in [-0.1, -0.05) is 36.3 Å². The molecule has 0 spiro atoms. The van der Waals surface area contributed by atoms with Crippen LogP contribution in [0.25, 0.3) is 4.96 Å². The Morgan fingerprint density at radius 3 is 2.22 bits per heavy atom. The van der Waals surface area contributed by atoms with Crippen LogP contribution in [0.15, 0.2) is 59.4 Å². The van der Waals surface area contributed by atoms with Crippen molar-refractivity contribution in [3.63, 3.8) is 0 Å². The van der Waals surface area contributed by atoms with Gasteiger partial charge in [0.15, 0.2) is 4.96 Å². The molecule has 4 rings (SSSR count). The van der Waals surface area contributed by atoms with Crippen molar-refractivity contribution in [2.45, 2.75) is 19.8 Å². The van der Waals surface area contributed by atoms with Crippen molar-refractivity contribution < 1.29 is 19.1 Å². The van der Waals surface area contributed by atoms with E-state index >= 15 is 0 Å². The third-order valence-electron chi connectivity index (χ3n) is 5.17. The third kappa shape index (κ3) is 5.29. The number of halogens is 1. The van der Waals surface area contributed by atoms with Crippen LogP contribution in [0.1, 0.15) is 49.6 Å². The topological polar surface area (TPSA) is 119 Å². The highest BCUT2D eigenvalue weighted by atomic mass is 35.5. The number of hydrogen-bond donors (Lipinski definition) is 2. The van der Waals surface area contributed by atoms with Crippen molar-refractivity contribution in [3.8, 4) is 0 Å². The Labute approximate surface area is 214 Å². The second-order valence-electron chi connectivity index (χ2n) is 7.72. The number of methoxy groups -OCH3 is 1. The van der Waals surface area contributed by atoms with Crippen molar-refractivity contribution in [1.82, 2.24) is 9.38 Å². The maximum atomic E-state index is 13.3. The van der Waals surface area contributed by atoms with E-state index in [2.05, 4.69) is 20.4 Å². The fraction of sp³-hybridized carbons (Fsp3) is 0.160. The molecule has 0 aliphatic carbocycles. The summed E-state index contributed by atoms with van der Waals surface area (Å²) < 4.78 is 5.82. The molecular formula is C25H21ClN4O5S. The largest absolute Gasteiger partial charge is 0.465 e. The van der Waals surface area contributed by atoms with E-state index in [-0.39, 0.29) is 15.5 Å². The fourth-order valence-electron chi connectivity index (χ4n) is 3.48. The quantitative estimate of drug-likeness (QED) is 0.340. The summed E-state index contributed by atoms with van der Waals surface area (Å²) in [6, 6.07) is 13.9. The lowest BCUT2D eigenvalue weighted by atomic mass is 10.2. The molecule has 0 aliphatic rings. The molecule has 2 amide bonds. The highest BCUT2D eigenvalue weighted by molar-refractivity contribution is 7.19. The SMILES string of the molecule is CCCc1cc(=O)n2c(C(=O)Nc3ccc(Cl)cc3)c(C(=O)Nc3ccc(C(=O)OC)cc3)sc2n1. The number of carbonyl (C=O) groups excluding carboxylic acids is 3. The molecule has 2 aromatic carbocycles. The first-order chi connectivity index (χ1) is 17.3. The number of thiazole rings is 1. The summed E-state index contributed by atoms with van der Waals surface area (Å²) in [6.07, 6.45) is 1.37. The van der Waals surface area contributed by atoms with Crippen molar-refractivity contribution in [1.29, 1.82) is 0 Å². The zero-order chi connectivity index (χ0) is 25.8. The Hall–Kier alpha value is -4.02. The lowest BCUT2D eigenvalue weighted by molar-refractivity contribution is 0.0600. The standard InChI is InChI=1S/C25H21ClN4O5S/c1-3-4-18-13-19(31)30-20(22(32)27-17-11-7-15(26)8-12-17)21(36-25(30)29-18)23(33)28-16-9-5-14(6-10-16)24(34)35-2/h5-13H,3-4H2,1-2H3,(H,27,32)(H,28,33). The number of esters is 1.